The fraction of sp³-hybridized carbons (Fsp3) is 0. The zero-order valence-electron chi connectivity index (χ0n) is 11.3. The number of para-hydroxylation sites is 1. The van der Waals surface area contributed by atoms with E-state index in [9.17, 15) is 4.91 Å². The Kier molecular flexibility index (Phi) is 2.62. The van der Waals surface area contributed by atoms with E-state index in [1.54, 1.807) is 6.07 Å². The number of aromatic nitrogens is 2. The number of benzene rings is 2. The van der Waals surface area contributed by atoms with Crippen molar-refractivity contribution in [2.24, 2.45) is 10.3 Å². The Labute approximate surface area is 124 Å². The largest absolute Gasteiger partial charge is 0.411 e. The van der Waals surface area contributed by atoms with Gasteiger partial charge in [0, 0.05) is 16.3 Å². The first-order valence-corrected chi connectivity index (χ1v) is 6.67. The van der Waals surface area contributed by atoms with Crippen LogP contribution >= 0.6 is 0 Å². The lowest BCUT2D eigenvalue weighted by atomic mass is 10.1. The molecule has 0 saturated carbocycles. The van der Waals surface area contributed by atoms with Crippen molar-refractivity contribution in [3.05, 3.63) is 52.9 Å². The molecule has 0 spiro atoms. The first-order valence-electron chi connectivity index (χ1n) is 6.67. The topological polar surface area (TPSA) is 90.7 Å². The fourth-order valence-electron chi connectivity index (χ4n) is 2.81. The maximum Gasteiger partial charge on any atom is 0.141 e. The number of nitrogens with zero attached hydrogens (tertiary/aromatic N) is 3. The highest BCUT2D eigenvalue weighted by molar-refractivity contribution is 6.11. The third kappa shape index (κ3) is 1.61. The van der Waals surface area contributed by atoms with Crippen LogP contribution in [0.3, 0.4) is 0 Å². The predicted molar refractivity (Wildman–Crippen MR) is 85.1 cm³/mol. The average molecular weight is 290 g/mol. The van der Waals surface area contributed by atoms with E-state index in [1.807, 2.05) is 36.4 Å². The highest BCUT2D eigenvalue weighted by atomic mass is 16.4. The van der Waals surface area contributed by atoms with Crippen LogP contribution in [0.2, 0.25) is 0 Å². The summed E-state index contributed by atoms with van der Waals surface area (Å²) in [4.78, 5) is 19.1. The number of aromatic amines is 1. The van der Waals surface area contributed by atoms with Crippen LogP contribution in [0.4, 0.5) is 5.69 Å². The Morgan fingerprint density at radius 2 is 1.91 bits per heavy atom. The molecule has 0 aromatic heterocycles. The third-order valence-electron chi connectivity index (χ3n) is 3.75. The Bertz CT molecular complexity index is 1020. The smallest absolute Gasteiger partial charge is 0.141 e. The van der Waals surface area contributed by atoms with Gasteiger partial charge in [0.05, 0.1) is 28.6 Å². The molecule has 0 amide bonds. The van der Waals surface area contributed by atoms with Crippen molar-refractivity contribution < 1.29 is 5.21 Å². The van der Waals surface area contributed by atoms with Gasteiger partial charge in [-0.1, -0.05) is 41.6 Å². The number of hydrogen-bond donors (Lipinski definition) is 2. The average Bonchev–Trinajstić information content (AvgIpc) is 2.86. The summed E-state index contributed by atoms with van der Waals surface area (Å²) >= 11 is 0. The van der Waals surface area contributed by atoms with Crippen molar-refractivity contribution in [3.63, 3.8) is 0 Å². The Hall–Kier alpha value is -3.28. The molecule has 0 unspecified atom stereocenters. The second kappa shape index (κ2) is 4.63. The van der Waals surface area contributed by atoms with Gasteiger partial charge in [0.1, 0.15) is 5.69 Å². The molecule has 6 heteroatoms. The molecule has 0 bridgehead atoms. The molecule has 2 aliphatic rings. The molecule has 1 aliphatic heterocycles. The van der Waals surface area contributed by atoms with E-state index >= 15 is 0 Å². The summed E-state index contributed by atoms with van der Waals surface area (Å²) in [7, 11) is 0. The van der Waals surface area contributed by atoms with E-state index in [2.05, 4.69) is 20.3 Å². The molecule has 1 heterocycles. The molecule has 0 radical (unpaired) electrons. The van der Waals surface area contributed by atoms with E-state index < -0.39 is 0 Å². The molecule has 4 rings (SSSR count). The molecule has 106 valence electrons. The molecule has 6 nitrogen and oxygen atoms in total. The molecular weight excluding hydrogens is 280 g/mol. The second-order valence-corrected chi connectivity index (χ2v) is 4.93. The molecule has 0 saturated heterocycles. The lowest BCUT2D eigenvalue weighted by molar-refractivity contribution is 0.322. The second-order valence-electron chi connectivity index (χ2n) is 4.93. The van der Waals surface area contributed by atoms with Gasteiger partial charge < -0.3 is 10.2 Å². The minimum atomic E-state index is 0.362. The highest BCUT2D eigenvalue weighted by Gasteiger charge is 2.21. The first kappa shape index (κ1) is 12.5. The number of rotatable bonds is 2. The minimum Gasteiger partial charge on any atom is -0.411 e. The van der Waals surface area contributed by atoms with Gasteiger partial charge in [0.25, 0.3) is 0 Å². The van der Waals surface area contributed by atoms with Crippen LogP contribution < -0.4 is 0 Å². The van der Waals surface area contributed by atoms with Gasteiger partial charge >= 0.3 is 0 Å². The van der Waals surface area contributed by atoms with Gasteiger partial charge in [0.15, 0.2) is 0 Å². The van der Waals surface area contributed by atoms with Crippen molar-refractivity contribution in [2.75, 3.05) is 0 Å². The molecular formula is C16H10N4O2. The standard InChI is InChI=1S/C16H10N4O2/c21-17-8-9-4-3-7-12-13(9)19-14-10-5-1-2-6-11(10)15(20-22)16(14)18-12/h1-8,18,21H/b17-8-. The number of nitrogens with one attached hydrogen (secondary N) is 1. The molecule has 0 atom stereocenters. The molecule has 22 heavy (non-hydrogen) atoms. The SMILES string of the molecule is O=Nc1c2[nH]c3cccc(/C=N\O)c3nc-2c2ccccc12. The summed E-state index contributed by atoms with van der Waals surface area (Å²) in [5.41, 5.74) is 3.75. The van der Waals surface area contributed by atoms with Gasteiger partial charge in [-0.05, 0) is 11.2 Å². The normalized spacial score (nSPS) is 11.8. The van der Waals surface area contributed by atoms with Crippen molar-refractivity contribution in [2.45, 2.75) is 0 Å². The summed E-state index contributed by atoms with van der Waals surface area (Å²) in [5, 5.41) is 16.6. The van der Waals surface area contributed by atoms with E-state index in [1.165, 1.54) is 6.21 Å². The summed E-state index contributed by atoms with van der Waals surface area (Å²) in [5.74, 6) is 0. The Morgan fingerprint density at radius 1 is 1.09 bits per heavy atom. The van der Waals surface area contributed by atoms with Crippen LogP contribution in [-0.4, -0.2) is 21.4 Å². The van der Waals surface area contributed by atoms with Crippen LogP contribution in [-0.2, 0) is 0 Å². The van der Waals surface area contributed by atoms with E-state index in [-0.39, 0.29) is 0 Å². The Balaban J connectivity index is 2.22. The number of oxime groups is 1. The molecule has 2 aromatic carbocycles. The lowest BCUT2D eigenvalue weighted by Gasteiger charge is -2.06. The maximum absolute atomic E-state index is 11.2. The van der Waals surface area contributed by atoms with Crippen LogP contribution in [0.25, 0.3) is 33.2 Å². The van der Waals surface area contributed by atoms with Crippen molar-refractivity contribution in [1.82, 2.24) is 9.97 Å². The van der Waals surface area contributed by atoms with E-state index in [0.29, 0.717) is 28.2 Å². The van der Waals surface area contributed by atoms with Crippen LogP contribution in [0.5, 0.6) is 0 Å². The Morgan fingerprint density at radius 3 is 2.68 bits per heavy atom. The van der Waals surface area contributed by atoms with Gasteiger partial charge in [-0.2, -0.15) is 0 Å². The van der Waals surface area contributed by atoms with E-state index in [0.717, 1.165) is 16.3 Å². The predicted octanol–water partition coefficient (Wildman–Crippen LogP) is 4.03. The molecule has 0 fully saturated rings. The summed E-state index contributed by atoms with van der Waals surface area (Å²) in [6.07, 6.45) is 1.33. The van der Waals surface area contributed by atoms with Crippen LogP contribution in [0, 0.1) is 4.91 Å². The summed E-state index contributed by atoms with van der Waals surface area (Å²) < 4.78 is 0. The molecule has 2 N–H and O–H groups in total. The number of H-pyrrole nitrogens is 1. The first-order chi connectivity index (χ1) is 10.8. The molecule has 1 aliphatic carbocycles. The van der Waals surface area contributed by atoms with E-state index in [4.69, 9.17) is 5.21 Å². The monoisotopic (exact) mass is 290 g/mol. The van der Waals surface area contributed by atoms with Gasteiger partial charge in [-0.15, -0.1) is 4.91 Å². The number of nitroso groups, excluding NO2 is 1. The quantitative estimate of drug-likeness (QED) is 0.253. The third-order valence-corrected chi connectivity index (χ3v) is 3.75. The van der Waals surface area contributed by atoms with Gasteiger partial charge in [-0.25, -0.2) is 4.98 Å². The van der Waals surface area contributed by atoms with Crippen LogP contribution in [0.15, 0.2) is 52.8 Å². The minimum absolute atomic E-state index is 0.362. The maximum atomic E-state index is 11.2. The number of hydrogen-bond acceptors (Lipinski definition) is 5. The van der Waals surface area contributed by atoms with Gasteiger partial charge in [-0.3, -0.25) is 0 Å². The zero-order chi connectivity index (χ0) is 15.1. The van der Waals surface area contributed by atoms with Crippen molar-refractivity contribution >= 4 is 33.7 Å². The van der Waals surface area contributed by atoms with Crippen molar-refractivity contribution in [1.29, 1.82) is 0 Å². The number of fused-ring (bicyclic) bond motifs is 4. The lowest BCUT2D eigenvalue weighted by Crippen LogP contribution is -1.94. The summed E-state index contributed by atoms with van der Waals surface area (Å²) in [6.45, 7) is 0. The fourth-order valence-corrected chi connectivity index (χ4v) is 2.81. The summed E-state index contributed by atoms with van der Waals surface area (Å²) in [6, 6.07) is 13.0. The van der Waals surface area contributed by atoms with Gasteiger partial charge in [0.2, 0.25) is 0 Å². The highest BCUT2D eigenvalue weighted by Crippen LogP contribution is 2.43. The molecule has 2 aromatic rings. The van der Waals surface area contributed by atoms with Crippen LogP contribution in [0.1, 0.15) is 5.56 Å². The zero-order valence-corrected chi connectivity index (χ0v) is 11.3. The van der Waals surface area contributed by atoms with Crippen molar-refractivity contribution in [3.8, 4) is 11.4 Å².